The van der Waals surface area contributed by atoms with E-state index in [1.165, 1.54) is 13.8 Å². The smallest absolute Gasteiger partial charge is 0.319 e. The summed E-state index contributed by atoms with van der Waals surface area (Å²) in [5.41, 5.74) is -1.21. The van der Waals surface area contributed by atoms with Gasteiger partial charge in [-0.1, -0.05) is 13.8 Å². The average Bonchev–Trinajstić information content (AvgIpc) is 2.16. The standard InChI is InChI=1S/C12H22O4S/c1-6-16-11(14)12(4,5)10(13)8-17(15)7-9(2)3/h9H,6-8H2,1-5H3. The molecule has 0 heterocycles. The number of esters is 1. The maximum absolute atomic E-state index is 11.9. The van der Waals surface area contributed by atoms with Crippen LogP contribution in [0, 0.1) is 11.3 Å². The number of carbonyl (C=O) groups excluding carboxylic acids is 2. The Morgan fingerprint density at radius 3 is 2.24 bits per heavy atom. The Balaban J connectivity index is 4.48. The Labute approximate surface area is 106 Å². The predicted molar refractivity (Wildman–Crippen MR) is 68.1 cm³/mol. The summed E-state index contributed by atoms with van der Waals surface area (Å²) in [6, 6.07) is 0. The lowest BCUT2D eigenvalue weighted by Gasteiger charge is -2.20. The van der Waals surface area contributed by atoms with E-state index in [1.54, 1.807) is 6.92 Å². The molecule has 0 aromatic rings. The van der Waals surface area contributed by atoms with E-state index in [2.05, 4.69) is 0 Å². The quantitative estimate of drug-likeness (QED) is 0.516. The van der Waals surface area contributed by atoms with Gasteiger partial charge < -0.3 is 4.74 Å². The molecule has 17 heavy (non-hydrogen) atoms. The molecule has 0 radical (unpaired) electrons. The van der Waals surface area contributed by atoms with Crippen LogP contribution in [0.5, 0.6) is 0 Å². The van der Waals surface area contributed by atoms with E-state index < -0.39 is 22.2 Å². The van der Waals surface area contributed by atoms with Crippen molar-refractivity contribution in [1.82, 2.24) is 0 Å². The van der Waals surface area contributed by atoms with Crippen molar-refractivity contribution in [1.29, 1.82) is 0 Å². The highest BCUT2D eigenvalue weighted by Crippen LogP contribution is 2.19. The van der Waals surface area contributed by atoms with E-state index in [4.69, 9.17) is 4.74 Å². The highest BCUT2D eigenvalue weighted by Gasteiger charge is 2.37. The fourth-order valence-electron chi connectivity index (χ4n) is 1.18. The molecule has 0 fully saturated rings. The van der Waals surface area contributed by atoms with Crippen LogP contribution in [0.2, 0.25) is 0 Å². The largest absolute Gasteiger partial charge is 0.465 e. The Morgan fingerprint density at radius 1 is 1.29 bits per heavy atom. The SMILES string of the molecule is CCOC(=O)C(C)(C)C(=O)CS(=O)CC(C)C. The van der Waals surface area contributed by atoms with Crippen molar-refractivity contribution in [2.24, 2.45) is 11.3 Å². The van der Waals surface area contributed by atoms with E-state index in [9.17, 15) is 13.8 Å². The third-order valence-electron chi connectivity index (χ3n) is 2.29. The van der Waals surface area contributed by atoms with Crippen molar-refractivity contribution >= 4 is 22.6 Å². The second-order valence-corrected chi connectivity index (χ2v) is 6.41. The summed E-state index contributed by atoms with van der Waals surface area (Å²) in [5.74, 6) is -0.204. The van der Waals surface area contributed by atoms with Crippen molar-refractivity contribution in [3.8, 4) is 0 Å². The first-order chi connectivity index (χ1) is 7.71. The summed E-state index contributed by atoms with van der Waals surface area (Å²) >= 11 is 0. The van der Waals surface area contributed by atoms with Gasteiger partial charge in [-0.15, -0.1) is 0 Å². The van der Waals surface area contributed by atoms with Gasteiger partial charge >= 0.3 is 5.97 Å². The minimum absolute atomic E-state index is 0.0794. The fraction of sp³-hybridized carbons (Fsp3) is 0.833. The molecule has 5 heteroatoms. The van der Waals surface area contributed by atoms with Crippen LogP contribution in [0.4, 0.5) is 0 Å². The zero-order valence-corrected chi connectivity index (χ0v) is 12.1. The molecule has 0 aromatic carbocycles. The summed E-state index contributed by atoms with van der Waals surface area (Å²) in [6.45, 7) is 8.84. The van der Waals surface area contributed by atoms with Gasteiger partial charge in [-0.2, -0.15) is 0 Å². The molecule has 1 unspecified atom stereocenters. The van der Waals surface area contributed by atoms with Gasteiger partial charge in [0.1, 0.15) is 5.41 Å². The molecule has 0 amide bonds. The van der Waals surface area contributed by atoms with E-state index in [0.29, 0.717) is 5.75 Å². The van der Waals surface area contributed by atoms with E-state index in [1.807, 2.05) is 13.8 Å². The highest BCUT2D eigenvalue weighted by molar-refractivity contribution is 7.85. The maximum atomic E-state index is 11.9. The van der Waals surface area contributed by atoms with Crippen LogP contribution >= 0.6 is 0 Å². The third-order valence-corrected chi connectivity index (χ3v) is 3.92. The molecule has 0 saturated heterocycles. The molecule has 0 saturated carbocycles. The van der Waals surface area contributed by atoms with Crippen LogP contribution in [0.15, 0.2) is 0 Å². The monoisotopic (exact) mass is 262 g/mol. The van der Waals surface area contributed by atoms with Crippen molar-refractivity contribution in [2.45, 2.75) is 34.6 Å². The molecule has 0 aliphatic heterocycles. The normalized spacial score (nSPS) is 13.5. The minimum atomic E-state index is -1.21. The number of ether oxygens (including phenoxy) is 1. The van der Waals surface area contributed by atoms with Gasteiger partial charge in [0.15, 0.2) is 5.78 Å². The number of rotatable bonds is 7. The van der Waals surface area contributed by atoms with Crippen LogP contribution in [0.3, 0.4) is 0 Å². The lowest BCUT2D eigenvalue weighted by atomic mass is 9.89. The predicted octanol–water partition coefficient (Wildman–Crippen LogP) is 1.55. The number of hydrogen-bond acceptors (Lipinski definition) is 4. The van der Waals surface area contributed by atoms with E-state index >= 15 is 0 Å². The first-order valence-electron chi connectivity index (χ1n) is 5.77. The van der Waals surface area contributed by atoms with Crippen LogP contribution in [0.25, 0.3) is 0 Å². The van der Waals surface area contributed by atoms with Crippen LogP contribution in [-0.2, 0) is 25.1 Å². The molecule has 1 atom stereocenters. The average molecular weight is 262 g/mol. The molecule has 0 N–H and O–H groups in total. The van der Waals surface area contributed by atoms with Crippen molar-refractivity contribution in [2.75, 3.05) is 18.1 Å². The number of ketones is 1. The first-order valence-corrected chi connectivity index (χ1v) is 7.26. The van der Waals surface area contributed by atoms with Gasteiger partial charge in [0.2, 0.25) is 0 Å². The molecule has 0 aliphatic carbocycles. The summed E-state index contributed by atoms with van der Waals surface area (Å²) in [4.78, 5) is 23.4. The molecule has 0 aliphatic rings. The van der Waals surface area contributed by atoms with Gasteiger partial charge in [0.25, 0.3) is 0 Å². The lowest BCUT2D eigenvalue weighted by molar-refractivity contribution is -0.157. The van der Waals surface area contributed by atoms with Crippen molar-refractivity contribution < 1.29 is 18.5 Å². The van der Waals surface area contributed by atoms with Crippen LogP contribution in [0.1, 0.15) is 34.6 Å². The number of hydrogen-bond donors (Lipinski definition) is 0. The fourth-order valence-corrected chi connectivity index (χ4v) is 2.70. The maximum Gasteiger partial charge on any atom is 0.319 e. The molecular weight excluding hydrogens is 240 g/mol. The Kier molecular flexibility index (Phi) is 6.60. The lowest BCUT2D eigenvalue weighted by Crippen LogP contribution is -2.38. The molecular formula is C12H22O4S. The van der Waals surface area contributed by atoms with E-state index in [0.717, 1.165) is 0 Å². The van der Waals surface area contributed by atoms with Gasteiger partial charge in [-0.3, -0.25) is 13.8 Å². The summed E-state index contributed by atoms with van der Waals surface area (Å²) in [5, 5.41) is 0. The molecule has 4 nitrogen and oxygen atoms in total. The Hall–Kier alpha value is -0.710. The number of carbonyl (C=O) groups is 2. The molecule has 0 spiro atoms. The molecule has 0 rings (SSSR count). The minimum Gasteiger partial charge on any atom is -0.465 e. The van der Waals surface area contributed by atoms with E-state index in [-0.39, 0.29) is 24.1 Å². The third kappa shape index (κ3) is 5.44. The van der Waals surface area contributed by atoms with Crippen molar-refractivity contribution in [3.05, 3.63) is 0 Å². The zero-order chi connectivity index (χ0) is 13.6. The number of Topliss-reactive ketones (excluding diaryl/α,β-unsaturated/α-hetero) is 1. The molecule has 100 valence electrons. The second-order valence-electron chi connectivity index (χ2n) is 4.91. The Morgan fingerprint density at radius 2 is 1.82 bits per heavy atom. The van der Waals surface area contributed by atoms with Gasteiger partial charge in [-0.25, -0.2) is 0 Å². The molecule has 0 aromatic heterocycles. The van der Waals surface area contributed by atoms with Gasteiger partial charge in [0.05, 0.1) is 12.4 Å². The van der Waals surface area contributed by atoms with Crippen molar-refractivity contribution in [3.63, 3.8) is 0 Å². The van der Waals surface area contributed by atoms with Crippen LogP contribution in [-0.4, -0.2) is 34.1 Å². The highest BCUT2D eigenvalue weighted by atomic mass is 32.2. The summed E-state index contributed by atoms with van der Waals surface area (Å²) < 4.78 is 16.5. The zero-order valence-electron chi connectivity index (χ0n) is 11.2. The van der Waals surface area contributed by atoms with Gasteiger partial charge in [0, 0.05) is 16.6 Å². The topological polar surface area (TPSA) is 60.4 Å². The Bertz CT molecular complexity index is 308. The molecule has 0 bridgehead atoms. The summed E-state index contributed by atoms with van der Waals surface area (Å²) in [7, 11) is -1.20. The summed E-state index contributed by atoms with van der Waals surface area (Å²) in [6.07, 6.45) is 0. The first kappa shape index (κ1) is 16.3. The second kappa shape index (κ2) is 6.89. The van der Waals surface area contributed by atoms with Crippen LogP contribution < -0.4 is 0 Å². The van der Waals surface area contributed by atoms with Gasteiger partial charge in [-0.05, 0) is 26.7 Å².